The van der Waals surface area contributed by atoms with Crippen molar-refractivity contribution in [2.75, 3.05) is 11.9 Å². The number of hydrogen-bond acceptors (Lipinski definition) is 3. The minimum absolute atomic E-state index is 0.654. The molecule has 0 fully saturated rings. The highest BCUT2D eigenvalue weighted by atomic mass is 15.0. The van der Waals surface area contributed by atoms with Crippen LogP contribution in [0.2, 0.25) is 0 Å². The van der Waals surface area contributed by atoms with E-state index in [0.29, 0.717) is 5.56 Å². The largest absolute Gasteiger partial charge is 0.369 e. The molecule has 0 atom stereocenters. The van der Waals surface area contributed by atoms with Crippen LogP contribution < -0.4 is 5.32 Å². The van der Waals surface area contributed by atoms with Gasteiger partial charge >= 0.3 is 0 Å². The van der Waals surface area contributed by atoms with E-state index in [1.54, 1.807) is 0 Å². The van der Waals surface area contributed by atoms with Gasteiger partial charge in [-0.3, -0.25) is 0 Å². The van der Waals surface area contributed by atoms with E-state index in [-0.39, 0.29) is 0 Å². The number of benzene rings is 1. The summed E-state index contributed by atoms with van der Waals surface area (Å²) in [6, 6.07) is 12.8. The van der Waals surface area contributed by atoms with Gasteiger partial charge in [-0.05, 0) is 42.9 Å². The van der Waals surface area contributed by atoms with Crippen LogP contribution in [-0.4, -0.2) is 11.5 Å². The highest BCUT2D eigenvalue weighted by Gasteiger charge is 2.18. The molecule has 2 aromatic rings. The second-order valence-electron chi connectivity index (χ2n) is 5.44. The van der Waals surface area contributed by atoms with E-state index in [4.69, 9.17) is 4.98 Å². The van der Waals surface area contributed by atoms with Crippen molar-refractivity contribution in [3.63, 3.8) is 0 Å². The second-order valence-corrected chi connectivity index (χ2v) is 5.44. The van der Waals surface area contributed by atoms with Gasteiger partial charge in [0.1, 0.15) is 11.9 Å². The topological polar surface area (TPSA) is 48.7 Å². The molecule has 0 amide bonds. The molecule has 0 aliphatic heterocycles. The summed E-state index contributed by atoms with van der Waals surface area (Å²) in [5.74, 6) is 0.717. The Labute approximate surface area is 125 Å². The zero-order valence-corrected chi connectivity index (χ0v) is 12.3. The monoisotopic (exact) mass is 277 g/mol. The molecular formula is C18H19N3. The molecule has 0 unspecified atom stereocenters. The molecule has 3 rings (SSSR count). The zero-order chi connectivity index (χ0) is 14.7. The standard InChI is InChI=1S/C18H19N3/c1-2-10-20-18-15(12-19)11-14-8-5-7-13-6-3-4-9-16(13)17(14)21-18/h3-4,6,9,11H,2,5,7-8,10H2,1H3,(H,20,21). The normalized spacial score (nSPS) is 12.8. The van der Waals surface area contributed by atoms with Crippen LogP contribution in [0.25, 0.3) is 11.3 Å². The Balaban J connectivity index is 2.15. The molecule has 0 bridgehead atoms. The summed E-state index contributed by atoms with van der Waals surface area (Å²) in [6.07, 6.45) is 4.18. The number of pyridine rings is 1. The van der Waals surface area contributed by atoms with Gasteiger partial charge in [0, 0.05) is 12.1 Å². The average molecular weight is 277 g/mol. The number of fused-ring (bicyclic) bond motifs is 3. The van der Waals surface area contributed by atoms with Gasteiger partial charge in [0.05, 0.1) is 11.3 Å². The van der Waals surface area contributed by atoms with Crippen LogP contribution >= 0.6 is 0 Å². The highest BCUT2D eigenvalue weighted by Crippen LogP contribution is 2.33. The molecule has 0 spiro atoms. The summed E-state index contributed by atoms with van der Waals surface area (Å²) < 4.78 is 0. The number of nitrogens with zero attached hydrogens (tertiary/aromatic N) is 2. The van der Waals surface area contributed by atoms with Gasteiger partial charge in [0.15, 0.2) is 0 Å². The third-order valence-corrected chi connectivity index (χ3v) is 3.93. The quantitative estimate of drug-likeness (QED) is 0.924. The zero-order valence-electron chi connectivity index (χ0n) is 12.3. The molecule has 0 saturated heterocycles. The SMILES string of the molecule is CCCNc1nc2c(cc1C#N)CCCc1ccccc1-2. The summed E-state index contributed by atoms with van der Waals surface area (Å²) in [5, 5.41) is 12.6. The Morgan fingerprint density at radius 2 is 2.05 bits per heavy atom. The number of nitriles is 1. The lowest BCUT2D eigenvalue weighted by atomic mass is 10.0. The molecule has 1 heterocycles. The van der Waals surface area contributed by atoms with E-state index >= 15 is 0 Å². The Morgan fingerprint density at radius 1 is 1.24 bits per heavy atom. The fraction of sp³-hybridized carbons (Fsp3) is 0.333. The molecule has 0 saturated carbocycles. The molecule has 1 N–H and O–H groups in total. The Kier molecular flexibility index (Phi) is 3.87. The van der Waals surface area contributed by atoms with Gasteiger partial charge in [-0.1, -0.05) is 31.2 Å². The van der Waals surface area contributed by atoms with Gasteiger partial charge in [-0.15, -0.1) is 0 Å². The number of aromatic nitrogens is 1. The average Bonchev–Trinajstić information content (AvgIpc) is 2.71. The number of aryl methyl sites for hydroxylation is 2. The number of hydrogen-bond donors (Lipinski definition) is 1. The van der Waals surface area contributed by atoms with Crippen LogP contribution in [-0.2, 0) is 12.8 Å². The Morgan fingerprint density at radius 3 is 2.86 bits per heavy atom. The predicted octanol–water partition coefficient (Wildman–Crippen LogP) is 3.93. The van der Waals surface area contributed by atoms with E-state index < -0.39 is 0 Å². The van der Waals surface area contributed by atoms with E-state index in [9.17, 15) is 5.26 Å². The summed E-state index contributed by atoms with van der Waals surface area (Å²) in [7, 11) is 0. The molecule has 106 valence electrons. The van der Waals surface area contributed by atoms with Crippen LogP contribution in [0.3, 0.4) is 0 Å². The summed E-state index contributed by atoms with van der Waals surface area (Å²) in [6.45, 7) is 2.94. The van der Waals surface area contributed by atoms with Crippen LogP contribution in [0, 0.1) is 11.3 Å². The summed E-state index contributed by atoms with van der Waals surface area (Å²) in [5.41, 5.74) is 5.46. The first-order chi connectivity index (χ1) is 10.3. The van der Waals surface area contributed by atoms with Crippen molar-refractivity contribution in [2.45, 2.75) is 32.6 Å². The van der Waals surface area contributed by atoms with Crippen molar-refractivity contribution in [3.05, 3.63) is 47.0 Å². The van der Waals surface area contributed by atoms with Crippen LogP contribution in [0.4, 0.5) is 5.82 Å². The lowest BCUT2D eigenvalue weighted by molar-refractivity contribution is 0.833. The summed E-state index contributed by atoms with van der Waals surface area (Å²) >= 11 is 0. The maximum absolute atomic E-state index is 9.35. The first-order valence-electron chi connectivity index (χ1n) is 7.59. The van der Waals surface area contributed by atoms with Gasteiger partial charge in [0.2, 0.25) is 0 Å². The lowest BCUT2D eigenvalue weighted by Gasteiger charge is -2.13. The van der Waals surface area contributed by atoms with Crippen molar-refractivity contribution in [1.82, 2.24) is 4.98 Å². The second kappa shape index (κ2) is 5.97. The minimum Gasteiger partial charge on any atom is -0.369 e. The third kappa shape index (κ3) is 2.62. The molecule has 3 nitrogen and oxygen atoms in total. The number of anilines is 1. The van der Waals surface area contributed by atoms with Gasteiger partial charge in [-0.2, -0.15) is 5.26 Å². The summed E-state index contributed by atoms with van der Waals surface area (Å²) in [4.78, 5) is 4.79. The van der Waals surface area contributed by atoms with Crippen molar-refractivity contribution in [1.29, 1.82) is 5.26 Å². The first kappa shape index (κ1) is 13.6. The van der Waals surface area contributed by atoms with E-state index in [1.807, 2.05) is 6.07 Å². The van der Waals surface area contributed by atoms with E-state index in [0.717, 1.165) is 43.7 Å². The van der Waals surface area contributed by atoms with E-state index in [2.05, 4.69) is 42.6 Å². The molecule has 21 heavy (non-hydrogen) atoms. The smallest absolute Gasteiger partial charge is 0.144 e. The van der Waals surface area contributed by atoms with Gasteiger partial charge in [0.25, 0.3) is 0 Å². The molecule has 1 aliphatic carbocycles. The third-order valence-electron chi connectivity index (χ3n) is 3.93. The Hall–Kier alpha value is -2.34. The lowest BCUT2D eigenvalue weighted by Crippen LogP contribution is -2.06. The van der Waals surface area contributed by atoms with E-state index in [1.165, 1.54) is 16.7 Å². The minimum atomic E-state index is 0.654. The molecule has 1 aromatic carbocycles. The van der Waals surface area contributed by atoms with Crippen molar-refractivity contribution in [3.8, 4) is 17.3 Å². The molecule has 3 heteroatoms. The number of nitrogens with one attached hydrogen (secondary N) is 1. The van der Waals surface area contributed by atoms with Crippen molar-refractivity contribution in [2.24, 2.45) is 0 Å². The fourth-order valence-electron chi connectivity index (χ4n) is 2.88. The van der Waals surface area contributed by atoms with Crippen LogP contribution in [0.5, 0.6) is 0 Å². The predicted molar refractivity (Wildman–Crippen MR) is 85.2 cm³/mol. The molecular weight excluding hydrogens is 258 g/mol. The van der Waals surface area contributed by atoms with Gasteiger partial charge < -0.3 is 5.32 Å². The molecule has 0 radical (unpaired) electrons. The highest BCUT2D eigenvalue weighted by molar-refractivity contribution is 5.72. The van der Waals surface area contributed by atoms with Crippen LogP contribution in [0.15, 0.2) is 30.3 Å². The first-order valence-corrected chi connectivity index (χ1v) is 7.59. The maximum atomic E-state index is 9.35. The van der Waals surface area contributed by atoms with Crippen molar-refractivity contribution >= 4 is 5.82 Å². The Bertz CT molecular complexity index is 698. The number of rotatable bonds is 3. The molecule has 1 aromatic heterocycles. The van der Waals surface area contributed by atoms with Crippen molar-refractivity contribution < 1.29 is 0 Å². The molecule has 1 aliphatic rings. The van der Waals surface area contributed by atoms with Crippen LogP contribution in [0.1, 0.15) is 36.5 Å². The maximum Gasteiger partial charge on any atom is 0.144 e. The van der Waals surface area contributed by atoms with Gasteiger partial charge in [-0.25, -0.2) is 4.98 Å². The fourth-order valence-corrected chi connectivity index (χ4v) is 2.88.